The SMILES string of the molecule is Cl.O=C(C1CCOc2ccccc21)N1CCC(NCC2CC2)CC1. The van der Waals surface area contributed by atoms with Crippen LogP contribution in [0.4, 0.5) is 0 Å². The fourth-order valence-corrected chi connectivity index (χ4v) is 3.78. The van der Waals surface area contributed by atoms with Crippen molar-refractivity contribution in [1.29, 1.82) is 0 Å². The van der Waals surface area contributed by atoms with Gasteiger partial charge >= 0.3 is 0 Å². The molecule has 4 rings (SSSR count). The van der Waals surface area contributed by atoms with Crippen molar-refractivity contribution >= 4 is 18.3 Å². The lowest BCUT2D eigenvalue weighted by molar-refractivity contribution is -0.134. The molecule has 24 heavy (non-hydrogen) atoms. The Labute approximate surface area is 150 Å². The van der Waals surface area contributed by atoms with E-state index < -0.39 is 0 Å². The first kappa shape index (κ1) is 17.6. The molecule has 1 aliphatic carbocycles. The molecule has 1 unspecified atom stereocenters. The van der Waals surface area contributed by atoms with E-state index >= 15 is 0 Å². The number of ether oxygens (including phenoxy) is 1. The zero-order chi connectivity index (χ0) is 15.6. The zero-order valence-electron chi connectivity index (χ0n) is 14.1. The van der Waals surface area contributed by atoms with Gasteiger partial charge in [0, 0.05) is 24.7 Å². The van der Waals surface area contributed by atoms with E-state index in [1.54, 1.807) is 0 Å². The molecule has 1 aromatic rings. The van der Waals surface area contributed by atoms with E-state index in [-0.39, 0.29) is 18.3 Å². The largest absolute Gasteiger partial charge is 0.493 e. The lowest BCUT2D eigenvalue weighted by Gasteiger charge is -2.36. The Balaban J connectivity index is 0.00000169. The molecule has 1 N–H and O–H groups in total. The summed E-state index contributed by atoms with van der Waals surface area (Å²) in [5.74, 6) is 2.09. The molecular formula is C19H27ClN2O2. The molecule has 132 valence electrons. The summed E-state index contributed by atoms with van der Waals surface area (Å²) in [5, 5.41) is 3.68. The second-order valence-electron chi connectivity index (χ2n) is 7.18. The van der Waals surface area contributed by atoms with Gasteiger partial charge in [0.15, 0.2) is 0 Å². The minimum Gasteiger partial charge on any atom is -0.493 e. The van der Waals surface area contributed by atoms with E-state index in [1.165, 1.54) is 19.4 Å². The molecule has 1 atom stereocenters. The van der Waals surface area contributed by atoms with Crippen LogP contribution in [0.25, 0.3) is 0 Å². The molecule has 2 fully saturated rings. The highest BCUT2D eigenvalue weighted by Crippen LogP contribution is 2.35. The highest BCUT2D eigenvalue weighted by Gasteiger charge is 2.33. The molecule has 0 aromatic heterocycles. The van der Waals surface area contributed by atoms with E-state index in [2.05, 4.69) is 10.2 Å². The first-order chi connectivity index (χ1) is 11.3. The van der Waals surface area contributed by atoms with E-state index in [4.69, 9.17) is 4.74 Å². The Hall–Kier alpha value is -1.26. The third kappa shape index (κ3) is 3.86. The number of nitrogens with zero attached hydrogens (tertiary/aromatic N) is 1. The second-order valence-corrected chi connectivity index (χ2v) is 7.18. The number of nitrogens with one attached hydrogen (secondary N) is 1. The first-order valence-electron chi connectivity index (χ1n) is 9.05. The van der Waals surface area contributed by atoms with Gasteiger partial charge in [-0.3, -0.25) is 4.79 Å². The highest BCUT2D eigenvalue weighted by atomic mass is 35.5. The van der Waals surface area contributed by atoms with Crippen molar-refractivity contribution < 1.29 is 9.53 Å². The lowest BCUT2D eigenvalue weighted by atomic mass is 9.91. The van der Waals surface area contributed by atoms with Crippen LogP contribution in [0, 0.1) is 5.92 Å². The van der Waals surface area contributed by atoms with Gasteiger partial charge in [0.05, 0.1) is 12.5 Å². The molecular weight excluding hydrogens is 324 g/mol. The van der Waals surface area contributed by atoms with Crippen molar-refractivity contribution in [3.8, 4) is 5.75 Å². The summed E-state index contributed by atoms with van der Waals surface area (Å²) in [6, 6.07) is 8.59. The Bertz CT molecular complexity index is 568. The Morgan fingerprint density at radius 1 is 1.12 bits per heavy atom. The van der Waals surface area contributed by atoms with E-state index in [9.17, 15) is 4.79 Å². The number of piperidine rings is 1. The molecule has 1 saturated carbocycles. The van der Waals surface area contributed by atoms with Crippen LogP contribution in [-0.2, 0) is 4.79 Å². The third-order valence-electron chi connectivity index (χ3n) is 5.46. The summed E-state index contributed by atoms with van der Waals surface area (Å²) in [4.78, 5) is 15.0. The van der Waals surface area contributed by atoms with Crippen LogP contribution in [0.2, 0.25) is 0 Å². The summed E-state index contributed by atoms with van der Waals surface area (Å²) in [5.41, 5.74) is 1.07. The maximum absolute atomic E-state index is 12.9. The number of hydrogen-bond acceptors (Lipinski definition) is 3. The molecule has 5 heteroatoms. The van der Waals surface area contributed by atoms with Crippen LogP contribution in [0.1, 0.15) is 43.6 Å². The van der Waals surface area contributed by atoms with Crippen LogP contribution in [0.3, 0.4) is 0 Å². The number of rotatable bonds is 4. The van der Waals surface area contributed by atoms with Crippen molar-refractivity contribution in [1.82, 2.24) is 10.2 Å². The number of para-hydroxylation sites is 1. The smallest absolute Gasteiger partial charge is 0.230 e. The van der Waals surface area contributed by atoms with Gasteiger partial charge in [0.2, 0.25) is 5.91 Å². The van der Waals surface area contributed by atoms with Gasteiger partial charge in [-0.15, -0.1) is 12.4 Å². The minimum atomic E-state index is -0.0177. The molecule has 0 bridgehead atoms. The predicted molar refractivity (Wildman–Crippen MR) is 96.9 cm³/mol. The third-order valence-corrected chi connectivity index (χ3v) is 5.46. The molecule has 2 heterocycles. The lowest BCUT2D eigenvalue weighted by Crippen LogP contribution is -2.47. The van der Waals surface area contributed by atoms with Crippen molar-refractivity contribution in [2.45, 2.75) is 44.1 Å². The first-order valence-corrected chi connectivity index (χ1v) is 9.05. The number of fused-ring (bicyclic) bond motifs is 1. The number of benzene rings is 1. The van der Waals surface area contributed by atoms with Gasteiger partial charge in [0.1, 0.15) is 5.75 Å². The quantitative estimate of drug-likeness (QED) is 0.907. The molecule has 4 nitrogen and oxygen atoms in total. The second kappa shape index (κ2) is 7.75. The molecule has 2 aliphatic heterocycles. The summed E-state index contributed by atoms with van der Waals surface area (Å²) in [7, 11) is 0. The van der Waals surface area contributed by atoms with Gasteiger partial charge in [-0.25, -0.2) is 0 Å². The predicted octanol–water partition coefficient (Wildman–Crippen LogP) is 2.97. The van der Waals surface area contributed by atoms with Crippen molar-refractivity contribution in [3.05, 3.63) is 29.8 Å². The highest BCUT2D eigenvalue weighted by molar-refractivity contribution is 5.85. The molecule has 1 saturated heterocycles. The van der Waals surface area contributed by atoms with Gasteiger partial charge in [-0.1, -0.05) is 18.2 Å². The normalized spacial score (nSPS) is 23.8. The molecule has 1 aromatic carbocycles. The Kier molecular flexibility index (Phi) is 5.67. The van der Waals surface area contributed by atoms with Crippen molar-refractivity contribution in [2.75, 3.05) is 26.2 Å². The summed E-state index contributed by atoms with van der Waals surface area (Å²) in [6.45, 7) is 3.60. The van der Waals surface area contributed by atoms with Gasteiger partial charge in [0.25, 0.3) is 0 Å². The van der Waals surface area contributed by atoms with Gasteiger partial charge in [-0.05, 0) is 50.6 Å². The van der Waals surface area contributed by atoms with Crippen LogP contribution in [-0.4, -0.2) is 43.1 Å². The van der Waals surface area contributed by atoms with Gasteiger partial charge < -0.3 is 15.0 Å². The standard InChI is InChI=1S/C19H26N2O2.ClH/c22-19(17-9-12-23-18-4-2-1-3-16(17)18)21-10-7-15(8-11-21)20-13-14-5-6-14;/h1-4,14-15,17,20H,5-13H2;1H. The van der Waals surface area contributed by atoms with E-state index in [0.29, 0.717) is 18.6 Å². The Morgan fingerprint density at radius 2 is 1.88 bits per heavy atom. The minimum absolute atomic E-state index is 0. The van der Waals surface area contributed by atoms with E-state index in [1.807, 2.05) is 24.3 Å². The van der Waals surface area contributed by atoms with Crippen LogP contribution in [0.5, 0.6) is 5.75 Å². The summed E-state index contributed by atoms with van der Waals surface area (Å²) >= 11 is 0. The van der Waals surface area contributed by atoms with Crippen LogP contribution < -0.4 is 10.1 Å². The van der Waals surface area contributed by atoms with Crippen molar-refractivity contribution in [2.24, 2.45) is 5.92 Å². The Morgan fingerprint density at radius 3 is 2.62 bits per heavy atom. The van der Waals surface area contributed by atoms with Gasteiger partial charge in [-0.2, -0.15) is 0 Å². The van der Waals surface area contributed by atoms with E-state index in [0.717, 1.165) is 49.6 Å². The average Bonchev–Trinajstić information content (AvgIpc) is 3.44. The monoisotopic (exact) mass is 350 g/mol. The number of carbonyl (C=O) groups excluding carboxylic acids is 1. The molecule has 0 spiro atoms. The molecule has 0 radical (unpaired) electrons. The average molecular weight is 351 g/mol. The summed E-state index contributed by atoms with van der Waals surface area (Å²) < 4.78 is 5.69. The van der Waals surface area contributed by atoms with Crippen LogP contribution >= 0.6 is 12.4 Å². The maximum atomic E-state index is 12.9. The number of likely N-dealkylation sites (tertiary alicyclic amines) is 1. The van der Waals surface area contributed by atoms with Crippen LogP contribution in [0.15, 0.2) is 24.3 Å². The topological polar surface area (TPSA) is 41.6 Å². The molecule has 1 amide bonds. The maximum Gasteiger partial charge on any atom is 0.230 e. The summed E-state index contributed by atoms with van der Waals surface area (Å²) in [6.07, 6.45) is 5.77. The van der Waals surface area contributed by atoms with Crippen molar-refractivity contribution in [3.63, 3.8) is 0 Å². The number of amides is 1. The zero-order valence-corrected chi connectivity index (χ0v) is 14.9. The number of carbonyl (C=O) groups is 1. The number of hydrogen-bond donors (Lipinski definition) is 1. The molecule has 3 aliphatic rings. The fourth-order valence-electron chi connectivity index (χ4n) is 3.78. The number of halogens is 1. The fraction of sp³-hybridized carbons (Fsp3) is 0.632.